The molecule has 12 heavy (non-hydrogen) atoms. The van der Waals surface area contributed by atoms with Crippen LogP contribution in [0, 0.1) is 17.2 Å². The van der Waals surface area contributed by atoms with Crippen LogP contribution >= 0.6 is 11.6 Å². The van der Waals surface area contributed by atoms with Crippen LogP contribution in [0.25, 0.3) is 0 Å². The Labute approximate surface area is 75.4 Å². The van der Waals surface area contributed by atoms with Crippen LogP contribution in [0.1, 0.15) is 13.8 Å². The lowest BCUT2D eigenvalue weighted by Crippen LogP contribution is -2.24. The van der Waals surface area contributed by atoms with Gasteiger partial charge in [-0.25, -0.2) is 0 Å². The Balaban J connectivity index is 3.17. The van der Waals surface area contributed by atoms with Crippen LogP contribution < -0.4 is 0 Å². The lowest BCUT2D eigenvalue weighted by atomic mass is 9.97. The minimum atomic E-state index is -0.791. The third kappa shape index (κ3) is 1.26. The number of rotatable bonds is 0. The first-order chi connectivity index (χ1) is 5.57. The lowest BCUT2D eigenvalue weighted by Gasteiger charge is -2.13. The molecule has 0 aromatic carbocycles. The zero-order valence-corrected chi connectivity index (χ0v) is 7.51. The van der Waals surface area contributed by atoms with Crippen molar-refractivity contribution in [3.63, 3.8) is 0 Å². The van der Waals surface area contributed by atoms with Crippen LogP contribution in [0.4, 0.5) is 0 Å². The molecule has 1 heterocycles. The van der Waals surface area contributed by atoms with E-state index in [1.165, 1.54) is 0 Å². The average molecular weight is 183 g/mol. The molecule has 0 saturated heterocycles. The highest BCUT2D eigenvalue weighted by atomic mass is 35.5. The van der Waals surface area contributed by atoms with E-state index in [9.17, 15) is 4.79 Å². The van der Waals surface area contributed by atoms with Crippen molar-refractivity contribution in [3.8, 4) is 6.07 Å². The van der Waals surface area contributed by atoms with Crippen molar-refractivity contribution in [2.24, 2.45) is 10.9 Å². The van der Waals surface area contributed by atoms with Gasteiger partial charge in [0.1, 0.15) is 11.0 Å². The number of Topliss-reactive ketones (excluding diaryl/α,β-unsaturated/α-hetero) is 1. The monoisotopic (exact) mass is 182 g/mol. The number of carbonyl (C=O) groups excluding carboxylic acids is 1. The SMILES string of the molecule is CC1=NC(C)=C(Cl)C(=O)C1C#N. The second-order valence-corrected chi connectivity index (χ2v) is 2.96. The maximum Gasteiger partial charge on any atom is 0.198 e. The summed E-state index contributed by atoms with van der Waals surface area (Å²) in [5.74, 6) is -1.13. The van der Waals surface area contributed by atoms with E-state index in [0.717, 1.165) is 0 Å². The summed E-state index contributed by atoms with van der Waals surface area (Å²) in [7, 11) is 0. The molecule has 0 bridgehead atoms. The van der Waals surface area contributed by atoms with Crippen molar-refractivity contribution in [3.05, 3.63) is 10.7 Å². The molecule has 0 aromatic rings. The lowest BCUT2D eigenvalue weighted by molar-refractivity contribution is -0.115. The van der Waals surface area contributed by atoms with Gasteiger partial charge in [-0.15, -0.1) is 0 Å². The van der Waals surface area contributed by atoms with Gasteiger partial charge in [0, 0.05) is 5.71 Å². The van der Waals surface area contributed by atoms with Crippen molar-refractivity contribution >= 4 is 23.1 Å². The number of halogens is 1. The third-order valence-electron chi connectivity index (χ3n) is 1.69. The van der Waals surface area contributed by atoms with Crippen LogP contribution in [0.15, 0.2) is 15.7 Å². The summed E-state index contributed by atoms with van der Waals surface area (Å²) < 4.78 is 0. The number of nitrogens with zero attached hydrogens (tertiary/aromatic N) is 2. The zero-order valence-electron chi connectivity index (χ0n) is 6.76. The molecule has 0 aromatic heterocycles. The minimum absolute atomic E-state index is 0.0761. The fraction of sp³-hybridized carbons (Fsp3) is 0.375. The maximum atomic E-state index is 11.3. The Morgan fingerprint density at radius 3 is 2.67 bits per heavy atom. The molecule has 0 fully saturated rings. The molecule has 1 aliphatic rings. The second-order valence-electron chi connectivity index (χ2n) is 2.58. The first-order valence-electron chi connectivity index (χ1n) is 3.43. The number of aliphatic imine (C=N–C) groups is 1. The van der Waals surface area contributed by atoms with Gasteiger partial charge >= 0.3 is 0 Å². The highest BCUT2D eigenvalue weighted by Crippen LogP contribution is 2.22. The largest absolute Gasteiger partial charge is 0.291 e. The summed E-state index contributed by atoms with van der Waals surface area (Å²) in [5, 5.41) is 8.68. The molecule has 3 nitrogen and oxygen atoms in total. The number of allylic oxidation sites excluding steroid dienone is 2. The average Bonchev–Trinajstić information content (AvgIpc) is 2.01. The van der Waals surface area contributed by atoms with Crippen molar-refractivity contribution in [1.29, 1.82) is 5.26 Å². The van der Waals surface area contributed by atoms with E-state index in [1.54, 1.807) is 13.8 Å². The highest BCUT2D eigenvalue weighted by Gasteiger charge is 2.28. The Hall–Kier alpha value is -1.14. The molecule has 0 saturated carbocycles. The van der Waals surface area contributed by atoms with Gasteiger partial charge in [-0.1, -0.05) is 11.6 Å². The van der Waals surface area contributed by atoms with Crippen LogP contribution in [-0.4, -0.2) is 11.5 Å². The molecule has 4 heteroatoms. The molecule has 0 aliphatic carbocycles. The van der Waals surface area contributed by atoms with Crippen molar-refractivity contribution in [2.45, 2.75) is 13.8 Å². The van der Waals surface area contributed by atoms with Gasteiger partial charge in [0.05, 0.1) is 11.8 Å². The first-order valence-corrected chi connectivity index (χ1v) is 3.81. The van der Waals surface area contributed by atoms with E-state index in [0.29, 0.717) is 11.4 Å². The summed E-state index contributed by atoms with van der Waals surface area (Å²) in [6.45, 7) is 3.30. The standard InChI is InChI=1S/C8H7ClN2O/c1-4-6(3-10)8(12)7(9)5(2)11-4/h6H,1-2H3. The first kappa shape index (κ1) is 8.95. The van der Waals surface area contributed by atoms with Crippen molar-refractivity contribution in [1.82, 2.24) is 0 Å². The van der Waals surface area contributed by atoms with E-state index in [-0.39, 0.29) is 10.8 Å². The summed E-state index contributed by atoms with van der Waals surface area (Å²) in [4.78, 5) is 15.3. The molecule has 1 aliphatic heterocycles. The summed E-state index contributed by atoms with van der Waals surface area (Å²) in [6.07, 6.45) is 0. The smallest absolute Gasteiger partial charge is 0.198 e. The quantitative estimate of drug-likeness (QED) is 0.572. The fourth-order valence-corrected chi connectivity index (χ4v) is 1.18. The summed E-state index contributed by atoms with van der Waals surface area (Å²) in [5.41, 5.74) is 1.01. The van der Waals surface area contributed by atoms with E-state index in [2.05, 4.69) is 4.99 Å². The number of ketones is 1. The van der Waals surface area contributed by atoms with Gasteiger partial charge in [0.15, 0.2) is 5.78 Å². The topological polar surface area (TPSA) is 53.2 Å². The molecule has 0 spiro atoms. The van der Waals surface area contributed by atoms with Crippen LogP contribution in [0.2, 0.25) is 0 Å². The van der Waals surface area contributed by atoms with Crippen LogP contribution in [0.5, 0.6) is 0 Å². The predicted octanol–water partition coefficient (Wildman–Crippen LogP) is 1.64. The van der Waals surface area contributed by atoms with E-state index in [1.807, 2.05) is 6.07 Å². The van der Waals surface area contributed by atoms with Gasteiger partial charge in [0.25, 0.3) is 0 Å². The molecule has 0 radical (unpaired) electrons. The third-order valence-corrected chi connectivity index (χ3v) is 2.15. The molecule has 1 unspecified atom stereocenters. The summed E-state index contributed by atoms with van der Waals surface area (Å²) >= 11 is 5.63. The van der Waals surface area contributed by atoms with Crippen LogP contribution in [-0.2, 0) is 4.79 Å². The summed E-state index contributed by atoms with van der Waals surface area (Å²) in [6, 6.07) is 1.86. The molecule has 0 N–H and O–H groups in total. The van der Waals surface area contributed by atoms with E-state index in [4.69, 9.17) is 16.9 Å². The zero-order chi connectivity index (χ0) is 9.30. The van der Waals surface area contributed by atoms with Gasteiger partial charge < -0.3 is 0 Å². The Morgan fingerprint density at radius 1 is 1.58 bits per heavy atom. The fourth-order valence-electron chi connectivity index (χ4n) is 1.02. The van der Waals surface area contributed by atoms with Crippen molar-refractivity contribution < 1.29 is 4.79 Å². The highest BCUT2D eigenvalue weighted by molar-refractivity contribution is 6.45. The van der Waals surface area contributed by atoms with Crippen molar-refractivity contribution in [2.75, 3.05) is 0 Å². The van der Waals surface area contributed by atoms with Gasteiger partial charge in [-0.2, -0.15) is 5.26 Å². The second kappa shape index (κ2) is 3.08. The molecule has 1 rings (SSSR count). The Bertz CT molecular complexity index is 333. The normalized spacial score (nSPS) is 23.7. The number of nitriles is 1. The predicted molar refractivity (Wildman–Crippen MR) is 45.8 cm³/mol. The number of hydrogen-bond donors (Lipinski definition) is 0. The van der Waals surface area contributed by atoms with Crippen LogP contribution in [0.3, 0.4) is 0 Å². The minimum Gasteiger partial charge on any atom is -0.291 e. The molecule has 62 valence electrons. The Kier molecular flexibility index (Phi) is 2.30. The van der Waals surface area contributed by atoms with Gasteiger partial charge in [-0.05, 0) is 13.8 Å². The molecular weight excluding hydrogens is 176 g/mol. The number of hydrogen-bond acceptors (Lipinski definition) is 3. The Morgan fingerprint density at radius 2 is 2.17 bits per heavy atom. The van der Waals surface area contributed by atoms with Gasteiger partial charge in [0.2, 0.25) is 0 Å². The van der Waals surface area contributed by atoms with E-state index < -0.39 is 5.92 Å². The van der Waals surface area contributed by atoms with E-state index >= 15 is 0 Å². The molecule has 1 atom stereocenters. The molecular formula is C8H7ClN2O. The maximum absolute atomic E-state index is 11.3. The number of carbonyl (C=O) groups is 1. The molecule has 0 amide bonds. The van der Waals surface area contributed by atoms with Gasteiger partial charge in [-0.3, -0.25) is 9.79 Å².